The third kappa shape index (κ3) is 4.33. The number of ether oxygens (including phenoxy) is 2. The highest BCUT2D eigenvalue weighted by molar-refractivity contribution is 5.96. The van der Waals surface area contributed by atoms with Crippen LogP contribution in [0, 0.1) is 11.8 Å². The first kappa shape index (κ1) is 14.4. The van der Waals surface area contributed by atoms with Crippen LogP contribution in [-0.2, 0) is 9.47 Å². The Labute approximate surface area is 108 Å². The largest absolute Gasteiger partial charge is 0.342 e. The van der Waals surface area contributed by atoms with Crippen molar-refractivity contribution in [2.24, 2.45) is 0 Å². The second-order valence-electron chi connectivity index (χ2n) is 3.61. The van der Waals surface area contributed by atoms with Gasteiger partial charge in [-0.05, 0) is 32.8 Å². The zero-order valence-electron chi connectivity index (χ0n) is 11.0. The molecular formula is C15H18O3. The first-order chi connectivity index (χ1) is 8.69. The average Bonchev–Trinajstić information content (AvgIpc) is 2.36. The molecule has 0 aliphatic carbocycles. The Bertz CT molecular complexity index is 448. The van der Waals surface area contributed by atoms with Gasteiger partial charge in [-0.2, -0.15) is 0 Å². The Morgan fingerprint density at radius 3 is 2.39 bits per heavy atom. The van der Waals surface area contributed by atoms with Gasteiger partial charge in [-0.25, -0.2) is 0 Å². The summed E-state index contributed by atoms with van der Waals surface area (Å²) in [5.74, 6) is 5.83. The molecule has 0 amide bonds. The number of hydrogen-bond acceptors (Lipinski definition) is 3. The van der Waals surface area contributed by atoms with Gasteiger partial charge in [0.2, 0.25) is 6.29 Å². The van der Waals surface area contributed by atoms with Crippen molar-refractivity contribution in [3.8, 4) is 11.8 Å². The summed E-state index contributed by atoms with van der Waals surface area (Å²) in [5.41, 5.74) is 1.33. The summed E-state index contributed by atoms with van der Waals surface area (Å²) >= 11 is 0. The highest BCUT2D eigenvalue weighted by atomic mass is 16.7. The predicted molar refractivity (Wildman–Crippen MR) is 70.4 cm³/mol. The molecule has 0 aliphatic heterocycles. The van der Waals surface area contributed by atoms with Gasteiger partial charge in [0, 0.05) is 24.3 Å². The Hall–Kier alpha value is -1.63. The van der Waals surface area contributed by atoms with E-state index in [0.717, 1.165) is 0 Å². The maximum absolute atomic E-state index is 11.4. The summed E-state index contributed by atoms with van der Waals surface area (Å²) in [5, 5.41) is 0. The monoisotopic (exact) mass is 246 g/mol. The second kappa shape index (κ2) is 7.65. The van der Waals surface area contributed by atoms with Crippen molar-refractivity contribution < 1.29 is 14.3 Å². The summed E-state index contributed by atoms with van der Waals surface area (Å²) in [6.45, 7) is 6.37. The van der Waals surface area contributed by atoms with Crippen molar-refractivity contribution in [2.75, 3.05) is 13.2 Å². The van der Waals surface area contributed by atoms with Gasteiger partial charge in [0.25, 0.3) is 0 Å². The number of rotatable bonds is 5. The fourth-order valence-corrected chi connectivity index (χ4v) is 1.47. The highest BCUT2D eigenvalue weighted by Gasteiger charge is 2.05. The summed E-state index contributed by atoms with van der Waals surface area (Å²) in [4.78, 5) is 11.4. The summed E-state index contributed by atoms with van der Waals surface area (Å²) in [6, 6.07) is 7.26. The van der Waals surface area contributed by atoms with E-state index in [-0.39, 0.29) is 5.78 Å². The molecule has 0 saturated carbocycles. The first-order valence-electron chi connectivity index (χ1n) is 6.03. The van der Waals surface area contributed by atoms with Crippen molar-refractivity contribution in [1.29, 1.82) is 0 Å². The molecule has 0 atom stereocenters. The van der Waals surface area contributed by atoms with Crippen LogP contribution in [0.4, 0.5) is 0 Å². The van der Waals surface area contributed by atoms with Gasteiger partial charge in [0.05, 0.1) is 0 Å². The standard InChI is InChI=1S/C15H18O3/c1-4-17-15(18-5-2)11-10-13-8-6-7-9-14(13)12(3)16/h6-9,15H,4-5H2,1-3H3. The molecular weight excluding hydrogens is 228 g/mol. The first-order valence-corrected chi connectivity index (χ1v) is 6.03. The number of hydrogen-bond donors (Lipinski definition) is 0. The molecule has 1 aromatic rings. The molecule has 0 fully saturated rings. The van der Waals surface area contributed by atoms with Gasteiger partial charge in [-0.3, -0.25) is 4.79 Å². The number of carbonyl (C=O) groups is 1. The lowest BCUT2D eigenvalue weighted by Gasteiger charge is -2.09. The van der Waals surface area contributed by atoms with Crippen molar-refractivity contribution in [3.05, 3.63) is 35.4 Å². The van der Waals surface area contributed by atoms with Crippen LogP contribution in [-0.4, -0.2) is 25.3 Å². The maximum atomic E-state index is 11.4. The Morgan fingerprint density at radius 1 is 1.22 bits per heavy atom. The van der Waals surface area contributed by atoms with Gasteiger partial charge in [-0.1, -0.05) is 24.1 Å². The highest BCUT2D eigenvalue weighted by Crippen LogP contribution is 2.08. The van der Waals surface area contributed by atoms with E-state index in [9.17, 15) is 4.79 Å². The molecule has 0 spiro atoms. The number of Topliss-reactive ketones (excluding diaryl/α,β-unsaturated/α-hetero) is 1. The fraction of sp³-hybridized carbons (Fsp3) is 0.400. The van der Waals surface area contributed by atoms with Crippen LogP contribution in [0.3, 0.4) is 0 Å². The smallest absolute Gasteiger partial charge is 0.222 e. The zero-order chi connectivity index (χ0) is 13.4. The molecule has 3 heteroatoms. The van der Waals surface area contributed by atoms with Crippen LogP contribution >= 0.6 is 0 Å². The third-order valence-electron chi connectivity index (χ3n) is 2.27. The molecule has 1 rings (SSSR count). The Balaban J connectivity index is 2.92. The molecule has 0 N–H and O–H groups in total. The maximum Gasteiger partial charge on any atom is 0.222 e. The minimum absolute atomic E-state index is 0.00395. The lowest BCUT2D eigenvalue weighted by molar-refractivity contribution is -0.0969. The van der Waals surface area contributed by atoms with Crippen LogP contribution in [0.1, 0.15) is 36.7 Å². The van der Waals surface area contributed by atoms with Gasteiger partial charge in [0.15, 0.2) is 5.78 Å². The van der Waals surface area contributed by atoms with E-state index in [1.54, 1.807) is 6.07 Å². The topological polar surface area (TPSA) is 35.5 Å². The number of carbonyl (C=O) groups excluding carboxylic acids is 1. The second-order valence-corrected chi connectivity index (χ2v) is 3.61. The number of ketones is 1. The van der Waals surface area contributed by atoms with Crippen molar-refractivity contribution in [1.82, 2.24) is 0 Å². The van der Waals surface area contributed by atoms with E-state index in [4.69, 9.17) is 9.47 Å². The Morgan fingerprint density at radius 2 is 1.83 bits per heavy atom. The molecule has 96 valence electrons. The summed E-state index contributed by atoms with van der Waals surface area (Å²) < 4.78 is 10.6. The van der Waals surface area contributed by atoms with Gasteiger partial charge < -0.3 is 9.47 Å². The molecule has 0 saturated heterocycles. The van der Waals surface area contributed by atoms with E-state index < -0.39 is 6.29 Å². The van der Waals surface area contributed by atoms with Gasteiger partial charge in [-0.15, -0.1) is 0 Å². The predicted octanol–water partition coefficient (Wildman–Crippen LogP) is 2.64. The minimum atomic E-state index is -0.542. The molecule has 0 unspecified atom stereocenters. The van der Waals surface area contributed by atoms with Crippen LogP contribution in [0.25, 0.3) is 0 Å². The number of benzene rings is 1. The molecule has 0 aliphatic rings. The zero-order valence-corrected chi connectivity index (χ0v) is 11.0. The molecule has 0 bridgehead atoms. The SMILES string of the molecule is CCOC(C#Cc1ccccc1C(C)=O)OCC. The summed E-state index contributed by atoms with van der Waals surface area (Å²) in [6.07, 6.45) is -0.542. The lowest BCUT2D eigenvalue weighted by atomic mass is 10.1. The van der Waals surface area contributed by atoms with E-state index in [2.05, 4.69) is 11.8 Å². The molecule has 3 nitrogen and oxygen atoms in total. The molecule has 0 radical (unpaired) electrons. The van der Waals surface area contributed by atoms with Crippen molar-refractivity contribution in [2.45, 2.75) is 27.1 Å². The fourth-order valence-electron chi connectivity index (χ4n) is 1.47. The van der Waals surface area contributed by atoms with Crippen LogP contribution in [0.15, 0.2) is 24.3 Å². The van der Waals surface area contributed by atoms with Crippen molar-refractivity contribution in [3.63, 3.8) is 0 Å². The normalized spacial score (nSPS) is 10.0. The van der Waals surface area contributed by atoms with Crippen LogP contribution in [0.2, 0.25) is 0 Å². The van der Waals surface area contributed by atoms with Crippen LogP contribution in [0.5, 0.6) is 0 Å². The van der Waals surface area contributed by atoms with E-state index in [0.29, 0.717) is 24.3 Å². The van der Waals surface area contributed by atoms with E-state index >= 15 is 0 Å². The average molecular weight is 246 g/mol. The molecule has 18 heavy (non-hydrogen) atoms. The summed E-state index contributed by atoms with van der Waals surface area (Å²) in [7, 11) is 0. The minimum Gasteiger partial charge on any atom is -0.342 e. The van der Waals surface area contributed by atoms with E-state index in [1.165, 1.54) is 6.92 Å². The molecule has 0 aromatic heterocycles. The molecule has 1 aromatic carbocycles. The molecule has 0 heterocycles. The van der Waals surface area contributed by atoms with Crippen molar-refractivity contribution >= 4 is 5.78 Å². The van der Waals surface area contributed by atoms with Gasteiger partial charge in [0.1, 0.15) is 0 Å². The van der Waals surface area contributed by atoms with E-state index in [1.807, 2.05) is 32.0 Å². The lowest BCUT2D eigenvalue weighted by Crippen LogP contribution is -2.14. The van der Waals surface area contributed by atoms with Gasteiger partial charge >= 0.3 is 0 Å². The quantitative estimate of drug-likeness (QED) is 0.455. The van der Waals surface area contributed by atoms with Crippen LogP contribution < -0.4 is 0 Å². The Kier molecular flexibility index (Phi) is 6.13. The third-order valence-corrected chi connectivity index (χ3v) is 2.27.